The molecule has 14 heteroatoms. The number of carbonyl (C=O) groups excluding carboxylic acids is 2. The first-order valence-electron chi connectivity index (χ1n) is 17.4. The molecule has 3 aliphatic rings. The van der Waals surface area contributed by atoms with E-state index < -0.39 is 35.6 Å². The number of aliphatic hydroxyl groups is 2. The number of nitrogens with zero attached hydrogens (tertiary/aromatic N) is 3. The van der Waals surface area contributed by atoms with Gasteiger partial charge in [0.2, 0.25) is 0 Å². The summed E-state index contributed by atoms with van der Waals surface area (Å²) in [6.07, 6.45) is 2.98. The Bertz CT molecular complexity index is 1300. The van der Waals surface area contributed by atoms with E-state index in [4.69, 9.17) is 14.8 Å². The van der Waals surface area contributed by atoms with E-state index in [1.54, 1.807) is 10.3 Å². The lowest BCUT2D eigenvalue weighted by molar-refractivity contribution is -0.135. The van der Waals surface area contributed by atoms with Crippen LogP contribution in [0.1, 0.15) is 104 Å². The van der Waals surface area contributed by atoms with Crippen LogP contribution in [0.4, 0.5) is 13.2 Å². The van der Waals surface area contributed by atoms with Crippen molar-refractivity contribution in [2.75, 3.05) is 39.4 Å². The monoisotopic (exact) mass is 712 g/mol. The van der Waals surface area contributed by atoms with E-state index in [2.05, 4.69) is 5.32 Å². The predicted octanol–water partition coefficient (Wildman–Crippen LogP) is 4.96. The molecule has 2 saturated heterocycles. The van der Waals surface area contributed by atoms with Crippen LogP contribution in [0.5, 0.6) is 0 Å². The molecule has 2 atom stereocenters. The van der Waals surface area contributed by atoms with Crippen LogP contribution in [0, 0.1) is 13.8 Å². The van der Waals surface area contributed by atoms with Gasteiger partial charge in [0.15, 0.2) is 0 Å². The number of aryl methyl sites for hydroxylation is 2. The molecule has 2 fully saturated rings. The SMILES string of the molecule is Cc1cc(C(=O)N2CCC(OC[C@H](O)CO)CC2)cc(C)c1/C=C/[S+]([O-])N1CCC2(CC1)N=C(CCCCCCCCC(F)(F)F)NC2=O. The van der Waals surface area contributed by atoms with Gasteiger partial charge in [0.1, 0.15) is 22.9 Å². The van der Waals surface area contributed by atoms with Crippen LogP contribution >= 0.6 is 0 Å². The number of amides is 2. The largest absolute Gasteiger partial charge is 0.593 e. The van der Waals surface area contributed by atoms with Crippen molar-refractivity contribution in [3.05, 3.63) is 39.8 Å². The van der Waals surface area contributed by atoms with Crippen molar-refractivity contribution < 1.29 is 42.3 Å². The third-order valence-electron chi connectivity index (χ3n) is 9.61. The van der Waals surface area contributed by atoms with Crippen molar-refractivity contribution in [3.8, 4) is 0 Å². The zero-order chi connectivity index (χ0) is 35.6. The van der Waals surface area contributed by atoms with Crippen LogP contribution in [0.25, 0.3) is 6.08 Å². The minimum atomic E-state index is -4.08. The van der Waals surface area contributed by atoms with E-state index in [1.165, 1.54) is 0 Å². The summed E-state index contributed by atoms with van der Waals surface area (Å²) >= 11 is -1.41. The topological polar surface area (TPSA) is 138 Å². The number of aliphatic imine (C=N–C) groups is 1. The van der Waals surface area contributed by atoms with Gasteiger partial charge >= 0.3 is 6.18 Å². The number of unbranched alkanes of at least 4 members (excludes halogenated alkanes) is 5. The number of benzene rings is 1. The second-order valence-electron chi connectivity index (χ2n) is 13.5. The number of alkyl halides is 3. The summed E-state index contributed by atoms with van der Waals surface area (Å²) in [6.45, 7) is 5.58. The van der Waals surface area contributed by atoms with Crippen LogP contribution in [-0.2, 0) is 20.9 Å². The predicted molar refractivity (Wildman–Crippen MR) is 183 cm³/mol. The summed E-state index contributed by atoms with van der Waals surface area (Å²) in [5.74, 6) is 0.492. The first-order valence-corrected chi connectivity index (χ1v) is 18.6. The molecular weight excluding hydrogens is 661 g/mol. The number of rotatable bonds is 16. The summed E-state index contributed by atoms with van der Waals surface area (Å²) in [5.41, 5.74) is 2.46. The van der Waals surface area contributed by atoms with Crippen LogP contribution in [-0.4, -0.2) is 105 Å². The molecule has 2 amide bonds. The van der Waals surface area contributed by atoms with E-state index >= 15 is 0 Å². The smallest absolute Gasteiger partial charge is 0.389 e. The van der Waals surface area contributed by atoms with E-state index in [9.17, 15) is 32.4 Å². The summed E-state index contributed by atoms with van der Waals surface area (Å²) in [4.78, 5) is 32.7. The molecule has 1 aromatic rings. The molecule has 3 aliphatic heterocycles. The van der Waals surface area contributed by atoms with Gasteiger partial charge in [-0.25, -0.2) is 0 Å². The number of amidine groups is 1. The van der Waals surface area contributed by atoms with Crippen molar-refractivity contribution in [2.45, 2.75) is 115 Å². The Kier molecular flexibility index (Phi) is 14.5. The average molecular weight is 713 g/mol. The number of carbonyl (C=O) groups is 2. The average Bonchev–Trinajstić information content (AvgIpc) is 3.37. The van der Waals surface area contributed by atoms with Crippen molar-refractivity contribution in [1.82, 2.24) is 14.5 Å². The maximum atomic E-state index is 13.3. The molecule has 3 N–H and O–H groups in total. The molecule has 4 rings (SSSR count). The fourth-order valence-electron chi connectivity index (χ4n) is 6.68. The Morgan fingerprint density at radius 1 is 1.10 bits per heavy atom. The van der Waals surface area contributed by atoms with Gasteiger partial charge < -0.3 is 29.7 Å². The molecule has 0 saturated carbocycles. The normalized spacial score (nSPS) is 20.2. The highest BCUT2D eigenvalue weighted by Crippen LogP contribution is 2.32. The highest BCUT2D eigenvalue weighted by Gasteiger charge is 2.47. The molecule has 0 bridgehead atoms. The lowest BCUT2D eigenvalue weighted by Gasteiger charge is -2.34. The Hall–Kier alpha value is -2.49. The molecule has 49 heavy (non-hydrogen) atoms. The molecule has 1 spiro atoms. The molecular formula is C35H51F3N4O6S. The summed E-state index contributed by atoms with van der Waals surface area (Å²) < 4.78 is 57.5. The minimum Gasteiger partial charge on any atom is -0.593 e. The van der Waals surface area contributed by atoms with Crippen molar-refractivity contribution in [2.24, 2.45) is 4.99 Å². The number of nitrogens with one attached hydrogen (secondary N) is 1. The Labute approximate surface area is 290 Å². The minimum absolute atomic E-state index is 0.0542. The molecule has 274 valence electrons. The molecule has 0 radical (unpaired) electrons. The third-order valence-corrected chi connectivity index (χ3v) is 10.9. The summed E-state index contributed by atoms with van der Waals surface area (Å²) in [5, 5.41) is 23.0. The Morgan fingerprint density at radius 3 is 2.33 bits per heavy atom. The fourth-order valence-corrected chi connectivity index (χ4v) is 7.65. The quantitative estimate of drug-likeness (QED) is 0.163. The zero-order valence-electron chi connectivity index (χ0n) is 28.6. The van der Waals surface area contributed by atoms with Gasteiger partial charge in [-0.3, -0.25) is 14.6 Å². The number of hydrogen-bond donors (Lipinski definition) is 3. The van der Waals surface area contributed by atoms with Gasteiger partial charge in [-0.1, -0.05) is 25.7 Å². The summed E-state index contributed by atoms with van der Waals surface area (Å²) in [6, 6.07) is 3.71. The molecule has 0 aromatic heterocycles. The van der Waals surface area contributed by atoms with Crippen LogP contribution in [0.15, 0.2) is 22.5 Å². The van der Waals surface area contributed by atoms with Gasteiger partial charge in [0.05, 0.1) is 30.7 Å². The van der Waals surface area contributed by atoms with Crippen LogP contribution in [0.3, 0.4) is 0 Å². The lowest BCUT2D eigenvalue weighted by atomic mass is 9.89. The van der Waals surface area contributed by atoms with E-state index in [0.29, 0.717) is 76.1 Å². The molecule has 10 nitrogen and oxygen atoms in total. The highest BCUT2D eigenvalue weighted by atomic mass is 32.2. The van der Waals surface area contributed by atoms with Gasteiger partial charge in [-0.15, -0.1) is 4.31 Å². The maximum absolute atomic E-state index is 13.3. The number of halogens is 3. The first kappa shape index (κ1) is 39.3. The maximum Gasteiger partial charge on any atom is 0.389 e. The van der Waals surface area contributed by atoms with Crippen LogP contribution in [0.2, 0.25) is 0 Å². The van der Waals surface area contributed by atoms with Gasteiger partial charge in [-0.2, -0.15) is 13.2 Å². The van der Waals surface area contributed by atoms with Crippen molar-refractivity contribution in [1.29, 1.82) is 0 Å². The zero-order valence-corrected chi connectivity index (χ0v) is 29.4. The van der Waals surface area contributed by atoms with Gasteiger partial charge in [0, 0.05) is 44.6 Å². The van der Waals surface area contributed by atoms with E-state index in [1.807, 2.05) is 36.4 Å². The molecule has 1 aromatic carbocycles. The van der Waals surface area contributed by atoms with Crippen molar-refractivity contribution >= 4 is 35.1 Å². The number of hydrogen-bond acceptors (Lipinski definition) is 8. The fraction of sp³-hybridized carbons (Fsp3) is 0.686. The number of aliphatic hydroxyl groups excluding tert-OH is 2. The highest BCUT2D eigenvalue weighted by molar-refractivity contribution is 7.92. The number of piperidine rings is 2. The Morgan fingerprint density at radius 2 is 1.71 bits per heavy atom. The molecule has 1 unspecified atom stereocenters. The van der Waals surface area contributed by atoms with Gasteiger partial charge in [0.25, 0.3) is 11.8 Å². The van der Waals surface area contributed by atoms with E-state index in [-0.39, 0.29) is 37.6 Å². The first-order chi connectivity index (χ1) is 23.3. The second kappa shape index (κ2) is 18.1. The van der Waals surface area contributed by atoms with Gasteiger partial charge in [-0.05, 0) is 87.3 Å². The Balaban J connectivity index is 1.21. The van der Waals surface area contributed by atoms with E-state index in [0.717, 1.165) is 42.4 Å². The molecule has 0 aliphatic carbocycles. The molecule has 3 heterocycles. The van der Waals surface area contributed by atoms with Crippen molar-refractivity contribution in [3.63, 3.8) is 0 Å². The third kappa shape index (κ3) is 11.5. The van der Waals surface area contributed by atoms with Crippen LogP contribution < -0.4 is 5.32 Å². The second-order valence-corrected chi connectivity index (χ2v) is 14.8. The number of ether oxygens (including phenoxy) is 1. The number of likely N-dealkylation sites (tertiary alicyclic amines) is 1. The standard InChI is InChI=1S/C35H51F3N4O6S/c1-25-21-27(32(45)41-16-10-29(11-17-41)48-24-28(44)23-43)22-26(2)30(25)12-20-49(47)42-18-14-34(15-19-42)33(46)39-31(40-34)9-7-5-3-4-6-8-13-35(36,37)38/h12,20-22,28-29,43-44H,3-11,13-19,23-24H2,1-2H3,(H,39,40,46)/b20-12+/t28-,49?/m1/s1. The lowest BCUT2D eigenvalue weighted by Crippen LogP contribution is -2.50. The summed E-state index contributed by atoms with van der Waals surface area (Å²) in [7, 11) is 0.